The van der Waals surface area contributed by atoms with Crippen LogP contribution in [0.1, 0.15) is 0 Å². The predicted octanol–water partition coefficient (Wildman–Crippen LogP) is 3.36. The van der Waals surface area contributed by atoms with Crippen molar-refractivity contribution in [2.24, 2.45) is 0 Å². The quantitative estimate of drug-likeness (QED) is 0.724. The van der Waals surface area contributed by atoms with Crippen molar-refractivity contribution < 1.29 is 14.2 Å². The molecular formula is C16H12FN3O2. The van der Waals surface area contributed by atoms with E-state index in [9.17, 15) is 9.50 Å². The molecule has 0 spiro atoms. The Hall–Kier alpha value is -3.15. The normalized spacial score (nSPS) is 10.4. The number of benzene rings is 2. The molecule has 0 saturated carbocycles. The molecule has 6 heteroatoms. The predicted molar refractivity (Wildman–Crippen MR) is 80.0 cm³/mol. The van der Waals surface area contributed by atoms with Gasteiger partial charge in [-0.05, 0) is 36.4 Å². The Bertz CT molecular complexity index is 810. The molecule has 3 N–H and O–H groups in total. The van der Waals surface area contributed by atoms with Gasteiger partial charge in [0.2, 0.25) is 0 Å². The molecule has 1 aromatic heterocycles. The number of anilines is 1. The highest BCUT2D eigenvalue weighted by molar-refractivity contribution is 5.68. The first-order valence-corrected chi connectivity index (χ1v) is 6.46. The Kier molecular flexibility index (Phi) is 3.57. The van der Waals surface area contributed by atoms with E-state index in [1.165, 1.54) is 30.6 Å². The maximum atomic E-state index is 13.8. The number of nitrogen functional groups attached to an aromatic ring is 1. The number of halogens is 1. The van der Waals surface area contributed by atoms with Gasteiger partial charge in [0.25, 0.3) is 0 Å². The Morgan fingerprint density at radius 1 is 1.09 bits per heavy atom. The fraction of sp³-hybridized carbons (Fsp3) is 0. The number of hydrogen-bond donors (Lipinski definition) is 2. The Labute approximate surface area is 125 Å². The summed E-state index contributed by atoms with van der Waals surface area (Å²) in [5, 5.41) is 9.94. The lowest BCUT2D eigenvalue weighted by atomic mass is 10.1. The molecule has 0 aliphatic rings. The van der Waals surface area contributed by atoms with Crippen LogP contribution in [-0.2, 0) is 0 Å². The lowest BCUT2D eigenvalue weighted by molar-refractivity contribution is 0.439. The number of rotatable bonds is 3. The molecule has 0 aliphatic heterocycles. The summed E-state index contributed by atoms with van der Waals surface area (Å²) in [5.74, 6) is -0.0934. The third-order valence-electron chi connectivity index (χ3n) is 3.01. The molecule has 3 rings (SSSR count). The molecular weight excluding hydrogens is 285 g/mol. The van der Waals surface area contributed by atoms with Crippen molar-refractivity contribution in [1.82, 2.24) is 9.97 Å². The summed E-state index contributed by atoms with van der Waals surface area (Å²) in [4.78, 5) is 7.89. The number of phenolic OH excluding ortho intramolecular Hbond substituents is 1. The molecule has 0 radical (unpaired) electrons. The molecule has 3 aromatic rings. The van der Waals surface area contributed by atoms with Gasteiger partial charge in [0, 0.05) is 23.5 Å². The number of hydrogen-bond acceptors (Lipinski definition) is 5. The molecule has 110 valence electrons. The average molecular weight is 297 g/mol. The van der Waals surface area contributed by atoms with E-state index in [2.05, 4.69) is 9.97 Å². The van der Waals surface area contributed by atoms with E-state index in [-0.39, 0.29) is 11.5 Å². The van der Waals surface area contributed by atoms with Crippen LogP contribution in [0.3, 0.4) is 0 Å². The van der Waals surface area contributed by atoms with Crippen LogP contribution < -0.4 is 10.5 Å². The highest BCUT2D eigenvalue weighted by Gasteiger charge is 2.10. The van der Waals surface area contributed by atoms with Gasteiger partial charge < -0.3 is 15.6 Å². The van der Waals surface area contributed by atoms with Gasteiger partial charge in [-0.15, -0.1) is 0 Å². The van der Waals surface area contributed by atoms with Crippen LogP contribution in [-0.4, -0.2) is 15.1 Å². The fourth-order valence-electron chi connectivity index (χ4n) is 1.96. The molecule has 2 aromatic carbocycles. The average Bonchev–Trinajstić information content (AvgIpc) is 2.52. The van der Waals surface area contributed by atoms with Crippen LogP contribution in [0.2, 0.25) is 0 Å². The monoisotopic (exact) mass is 297 g/mol. The van der Waals surface area contributed by atoms with E-state index in [1.807, 2.05) is 0 Å². The maximum Gasteiger partial charge on any atom is 0.167 e. The largest absolute Gasteiger partial charge is 0.507 e. The zero-order valence-corrected chi connectivity index (χ0v) is 11.4. The van der Waals surface area contributed by atoms with Crippen molar-refractivity contribution in [2.75, 3.05) is 5.73 Å². The SMILES string of the molecule is Nc1ccc(Oc2ccc(O)c(-c3ccncn3)c2)c(F)c1. The van der Waals surface area contributed by atoms with E-state index >= 15 is 0 Å². The van der Waals surface area contributed by atoms with Gasteiger partial charge in [0.1, 0.15) is 17.8 Å². The molecule has 0 saturated heterocycles. The minimum Gasteiger partial charge on any atom is -0.507 e. The second-order valence-electron chi connectivity index (χ2n) is 4.57. The fourth-order valence-corrected chi connectivity index (χ4v) is 1.96. The minimum absolute atomic E-state index is 0.0452. The molecule has 0 unspecified atom stereocenters. The van der Waals surface area contributed by atoms with Crippen LogP contribution in [0.4, 0.5) is 10.1 Å². The minimum atomic E-state index is -0.559. The maximum absolute atomic E-state index is 13.8. The molecule has 0 amide bonds. The summed E-state index contributed by atoms with van der Waals surface area (Å²) in [5.41, 5.74) is 6.82. The summed E-state index contributed by atoms with van der Waals surface area (Å²) in [6.07, 6.45) is 2.94. The molecule has 1 heterocycles. The van der Waals surface area contributed by atoms with E-state index in [0.717, 1.165) is 0 Å². The first-order chi connectivity index (χ1) is 10.6. The van der Waals surface area contributed by atoms with Crippen molar-refractivity contribution in [3.8, 4) is 28.5 Å². The Balaban J connectivity index is 1.96. The highest BCUT2D eigenvalue weighted by atomic mass is 19.1. The smallest absolute Gasteiger partial charge is 0.167 e. The van der Waals surface area contributed by atoms with Gasteiger partial charge in [0.05, 0.1) is 5.69 Å². The summed E-state index contributed by atoms with van der Waals surface area (Å²) >= 11 is 0. The number of nitrogens with two attached hydrogens (primary N) is 1. The van der Waals surface area contributed by atoms with Gasteiger partial charge in [-0.1, -0.05) is 0 Å². The van der Waals surface area contributed by atoms with Gasteiger partial charge in [-0.2, -0.15) is 0 Å². The van der Waals surface area contributed by atoms with E-state index in [4.69, 9.17) is 10.5 Å². The zero-order chi connectivity index (χ0) is 15.5. The lowest BCUT2D eigenvalue weighted by Crippen LogP contribution is -1.92. The van der Waals surface area contributed by atoms with Crippen LogP contribution in [0.25, 0.3) is 11.3 Å². The van der Waals surface area contributed by atoms with Crippen LogP contribution >= 0.6 is 0 Å². The van der Waals surface area contributed by atoms with E-state index < -0.39 is 5.82 Å². The number of nitrogens with zero attached hydrogens (tertiary/aromatic N) is 2. The van der Waals surface area contributed by atoms with Crippen LogP contribution in [0.5, 0.6) is 17.2 Å². The second-order valence-corrected chi connectivity index (χ2v) is 4.57. The third-order valence-corrected chi connectivity index (χ3v) is 3.01. The first kappa shape index (κ1) is 13.8. The lowest BCUT2D eigenvalue weighted by Gasteiger charge is -2.10. The topological polar surface area (TPSA) is 81.3 Å². The van der Waals surface area contributed by atoms with E-state index in [1.54, 1.807) is 24.4 Å². The molecule has 0 bridgehead atoms. The summed E-state index contributed by atoms with van der Waals surface area (Å²) < 4.78 is 19.3. The standard InChI is InChI=1S/C16H12FN3O2/c17-13-7-10(18)1-4-16(13)22-11-2-3-15(21)12(8-11)14-5-6-19-9-20-14/h1-9,21H,18H2. The molecule has 0 atom stereocenters. The van der Waals surface area contributed by atoms with Crippen molar-refractivity contribution >= 4 is 5.69 Å². The Morgan fingerprint density at radius 3 is 2.68 bits per heavy atom. The zero-order valence-electron chi connectivity index (χ0n) is 11.4. The number of phenols is 1. The number of ether oxygens (including phenoxy) is 1. The van der Waals surface area contributed by atoms with Crippen molar-refractivity contribution in [3.05, 3.63) is 60.8 Å². The van der Waals surface area contributed by atoms with Crippen molar-refractivity contribution in [3.63, 3.8) is 0 Å². The van der Waals surface area contributed by atoms with Gasteiger partial charge >= 0.3 is 0 Å². The van der Waals surface area contributed by atoms with Crippen molar-refractivity contribution in [1.29, 1.82) is 0 Å². The molecule has 0 fully saturated rings. The molecule has 0 aliphatic carbocycles. The third kappa shape index (κ3) is 2.80. The summed E-state index contributed by atoms with van der Waals surface area (Å²) in [6, 6.07) is 10.4. The summed E-state index contributed by atoms with van der Waals surface area (Å²) in [7, 11) is 0. The summed E-state index contributed by atoms with van der Waals surface area (Å²) in [6.45, 7) is 0. The second kappa shape index (κ2) is 5.69. The first-order valence-electron chi connectivity index (χ1n) is 6.46. The highest BCUT2D eigenvalue weighted by Crippen LogP contribution is 2.34. The molecule has 22 heavy (non-hydrogen) atoms. The van der Waals surface area contributed by atoms with Gasteiger partial charge in [-0.3, -0.25) is 0 Å². The van der Waals surface area contributed by atoms with E-state index in [0.29, 0.717) is 22.7 Å². The molecule has 5 nitrogen and oxygen atoms in total. The van der Waals surface area contributed by atoms with Crippen molar-refractivity contribution in [2.45, 2.75) is 0 Å². The van der Waals surface area contributed by atoms with Gasteiger partial charge in [0.15, 0.2) is 11.6 Å². The van der Waals surface area contributed by atoms with Gasteiger partial charge in [-0.25, -0.2) is 14.4 Å². The Morgan fingerprint density at radius 2 is 1.95 bits per heavy atom. The van der Waals surface area contributed by atoms with Crippen LogP contribution in [0, 0.1) is 5.82 Å². The number of aromatic hydroxyl groups is 1. The number of aromatic nitrogens is 2. The van der Waals surface area contributed by atoms with Crippen LogP contribution in [0.15, 0.2) is 55.0 Å².